The van der Waals surface area contributed by atoms with Crippen LogP contribution in [0.25, 0.3) is 44.2 Å². The number of carbonyl (C=O) groups excluding carboxylic acids is 2. The second-order valence-corrected chi connectivity index (χ2v) is 18.3. The fourth-order valence-corrected chi connectivity index (χ4v) is 9.81. The summed E-state index contributed by atoms with van der Waals surface area (Å²) in [7, 11) is 1.38. The fourth-order valence-electron chi connectivity index (χ4n) is 9.41. The Kier molecular flexibility index (Phi) is 10.3. The first-order valence-corrected chi connectivity index (χ1v) is 20.8. The summed E-state index contributed by atoms with van der Waals surface area (Å²) in [6, 6.07) is 13.7. The summed E-state index contributed by atoms with van der Waals surface area (Å²) in [5.74, 6) is -0.588. The number of aliphatic hydroxyl groups is 1. The van der Waals surface area contributed by atoms with Gasteiger partial charge in [0.2, 0.25) is 0 Å². The summed E-state index contributed by atoms with van der Waals surface area (Å²) >= 11 is 13.3. The van der Waals surface area contributed by atoms with Crippen LogP contribution in [0.3, 0.4) is 0 Å². The zero-order valence-electron chi connectivity index (χ0n) is 34.1. The van der Waals surface area contributed by atoms with Crippen LogP contribution >= 0.6 is 23.2 Å². The molecule has 6 heterocycles. The molecule has 59 heavy (non-hydrogen) atoms. The molecule has 3 aromatic heterocycles. The van der Waals surface area contributed by atoms with Crippen LogP contribution in [0.4, 0.5) is 14.0 Å². The van der Waals surface area contributed by atoms with Gasteiger partial charge in [-0.3, -0.25) is 9.88 Å². The van der Waals surface area contributed by atoms with Crippen molar-refractivity contribution in [1.29, 1.82) is 5.26 Å². The SMILES string of the molecule is COC(=O)N1[C@H](C)CC[C@@H]1c1cc2c(-c3ccc(C(C)(C)O)nc3)nc3c(F)c(-c4cccc(Cl)c4Cl)c(CCC#N)cc3c2n1[C@H]1[C@@H]2C[C@H]1N(C(=O)OC(C)(C)C)C2. The average Bonchev–Trinajstić information content (AvgIpc) is 3.96. The van der Waals surface area contributed by atoms with Crippen LogP contribution in [0.5, 0.6) is 0 Å². The van der Waals surface area contributed by atoms with Gasteiger partial charge in [0.1, 0.15) is 16.7 Å². The van der Waals surface area contributed by atoms with Crippen molar-refractivity contribution >= 4 is 57.2 Å². The molecule has 5 aromatic rings. The number of pyridine rings is 2. The van der Waals surface area contributed by atoms with Gasteiger partial charge in [0.15, 0.2) is 5.82 Å². The van der Waals surface area contributed by atoms with Gasteiger partial charge in [-0.15, -0.1) is 0 Å². The first-order chi connectivity index (χ1) is 27.9. The summed E-state index contributed by atoms with van der Waals surface area (Å²) in [5.41, 5.74) is 2.27. The Bertz CT molecular complexity index is 2560. The molecule has 2 amide bonds. The minimum Gasteiger partial charge on any atom is -0.453 e. The number of nitriles is 1. The number of hydrogen-bond acceptors (Lipinski definition) is 8. The van der Waals surface area contributed by atoms with Crippen molar-refractivity contribution in [3.05, 3.63) is 81.5 Å². The molecule has 14 heteroatoms. The van der Waals surface area contributed by atoms with Crippen LogP contribution in [-0.4, -0.2) is 73.0 Å². The molecule has 1 aliphatic carbocycles. The van der Waals surface area contributed by atoms with Gasteiger partial charge in [0.25, 0.3) is 0 Å². The number of rotatable bonds is 7. The zero-order chi connectivity index (χ0) is 42.3. The van der Waals surface area contributed by atoms with Gasteiger partial charge in [-0.05, 0) is 103 Å². The molecule has 4 aliphatic rings. The maximum Gasteiger partial charge on any atom is 0.410 e. The van der Waals surface area contributed by atoms with Gasteiger partial charge in [-0.2, -0.15) is 5.26 Å². The number of ether oxygens (including phenoxy) is 2. The van der Waals surface area contributed by atoms with Gasteiger partial charge in [0.05, 0.1) is 58.3 Å². The van der Waals surface area contributed by atoms with Crippen LogP contribution in [0.15, 0.2) is 48.7 Å². The van der Waals surface area contributed by atoms with Crippen molar-refractivity contribution in [2.75, 3.05) is 13.7 Å². The summed E-state index contributed by atoms with van der Waals surface area (Å²) in [4.78, 5) is 40.5. The second-order valence-electron chi connectivity index (χ2n) is 17.5. The molecule has 3 aliphatic heterocycles. The van der Waals surface area contributed by atoms with Crippen molar-refractivity contribution in [2.45, 2.75) is 109 Å². The van der Waals surface area contributed by atoms with Crippen molar-refractivity contribution in [1.82, 2.24) is 24.3 Å². The van der Waals surface area contributed by atoms with Gasteiger partial charge >= 0.3 is 12.2 Å². The number of amides is 2. The number of benzene rings is 2. The number of hydrogen-bond donors (Lipinski definition) is 1. The molecule has 4 fully saturated rings. The summed E-state index contributed by atoms with van der Waals surface area (Å²) in [6.07, 6.45) is 3.24. The molecular weight excluding hydrogens is 794 g/mol. The highest BCUT2D eigenvalue weighted by molar-refractivity contribution is 6.43. The quantitative estimate of drug-likeness (QED) is 0.171. The molecule has 0 radical (unpaired) electrons. The van der Waals surface area contributed by atoms with Gasteiger partial charge in [0, 0.05) is 64.3 Å². The Labute approximate surface area is 352 Å². The van der Waals surface area contributed by atoms with E-state index in [9.17, 15) is 20.0 Å². The zero-order valence-corrected chi connectivity index (χ0v) is 35.7. The Balaban J connectivity index is 1.48. The summed E-state index contributed by atoms with van der Waals surface area (Å²) in [6.45, 7) is 11.3. The van der Waals surface area contributed by atoms with Crippen LogP contribution in [0, 0.1) is 23.1 Å². The molecule has 3 saturated heterocycles. The molecular formula is C45H47Cl2FN6O5. The van der Waals surface area contributed by atoms with Crippen LogP contribution < -0.4 is 0 Å². The molecule has 2 aromatic carbocycles. The van der Waals surface area contributed by atoms with E-state index < -0.39 is 35.2 Å². The predicted molar refractivity (Wildman–Crippen MR) is 225 cm³/mol. The van der Waals surface area contributed by atoms with E-state index in [1.54, 1.807) is 54.1 Å². The third-order valence-electron chi connectivity index (χ3n) is 12.1. The fraction of sp³-hybridized carbons (Fsp3) is 0.444. The predicted octanol–water partition coefficient (Wildman–Crippen LogP) is 10.5. The van der Waals surface area contributed by atoms with Gasteiger partial charge < -0.3 is 24.0 Å². The topological polar surface area (TPSA) is 134 Å². The Morgan fingerprint density at radius 1 is 1.07 bits per heavy atom. The number of methoxy groups -OCH3 is 1. The molecule has 1 saturated carbocycles. The number of aryl methyl sites for hydroxylation is 1. The van der Waals surface area contributed by atoms with E-state index in [1.165, 1.54) is 7.11 Å². The Morgan fingerprint density at radius 3 is 2.49 bits per heavy atom. The molecule has 11 nitrogen and oxygen atoms in total. The number of likely N-dealkylation sites (tertiary alicyclic amines) is 1. The molecule has 9 rings (SSSR count). The smallest absolute Gasteiger partial charge is 0.410 e. The molecule has 2 bridgehead atoms. The number of aromatic nitrogens is 3. The van der Waals surface area contributed by atoms with Crippen molar-refractivity contribution in [3.8, 4) is 28.5 Å². The van der Waals surface area contributed by atoms with E-state index in [0.717, 1.165) is 18.5 Å². The van der Waals surface area contributed by atoms with Crippen LogP contribution in [0.1, 0.15) is 96.3 Å². The highest BCUT2D eigenvalue weighted by Crippen LogP contribution is 2.55. The molecule has 0 spiro atoms. The number of halogens is 3. The lowest BCUT2D eigenvalue weighted by molar-refractivity contribution is 0.0208. The van der Waals surface area contributed by atoms with E-state index in [4.69, 9.17) is 37.7 Å². The van der Waals surface area contributed by atoms with Crippen molar-refractivity contribution < 1.29 is 28.6 Å². The first kappa shape index (κ1) is 40.8. The number of carbonyl (C=O) groups is 2. The van der Waals surface area contributed by atoms with Crippen molar-refractivity contribution in [2.24, 2.45) is 5.92 Å². The minimum atomic E-state index is -1.21. The van der Waals surface area contributed by atoms with E-state index in [1.807, 2.05) is 45.9 Å². The maximum atomic E-state index is 17.8. The van der Waals surface area contributed by atoms with Gasteiger partial charge in [-0.25, -0.2) is 19.0 Å². The second kappa shape index (κ2) is 14.9. The van der Waals surface area contributed by atoms with Crippen molar-refractivity contribution in [3.63, 3.8) is 0 Å². The largest absolute Gasteiger partial charge is 0.453 e. The lowest BCUT2D eigenvalue weighted by atomic mass is 9.79. The average molecular weight is 842 g/mol. The number of nitrogens with zero attached hydrogens (tertiary/aromatic N) is 6. The standard InChI is InChI=1S/C45H47Cl2FN6O5/c1-23-13-15-31(53(23)43(56)58-7)32-20-29-38(25-14-16-34(50-21-25)45(5,6)57)51-39-28(18-24(10-9-17-49)35(37(39)48)27-11-8-12-30(46)36(27)47)41(29)54(32)40-26-19-33(40)52(22-26)42(55)59-44(2,3)4/h8,11-12,14,16,18,20-21,23,26,31,33,40,57H,9-10,13,15,19,22H2,1-7H3/t23-,26-,31-,33-,40+/m1/s1. The minimum absolute atomic E-state index is 0.0409. The lowest BCUT2D eigenvalue weighted by Crippen LogP contribution is -2.45. The third-order valence-corrected chi connectivity index (χ3v) is 12.9. The summed E-state index contributed by atoms with van der Waals surface area (Å²) in [5, 5.41) is 22.2. The van der Waals surface area contributed by atoms with E-state index in [-0.39, 0.29) is 58.0 Å². The highest BCUT2D eigenvalue weighted by Gasteiger charge is 2.57. The van der Waals surface area contributed by atoms with E-state index in [2.05, 4.69) is 15.6 Å². The van der Waals surface area contributed by atoms with E-state index in [0.29, 0.717) is 57.3 Å². The highest BCUT2D eigenvalue weighted by atomic mass is 35.5. The summed E-state index contributed by atoms with van der Waals surface area (Å²) < 4.78 is 31.3. The molecule has 0 unspecified atom stereocenters. The normalized spacial score (nSPS) is 21.6. The van der Waals surface area contributed by atoms with Crippen LogP contribution in [0.2, 0.25) is 10.0 Å². The van der Waals surface area contributed by atoms with Crippen LogP contribution in [-0.2, 0) is 21.5 Å². The molecule has 5 atom stereocenters. The maximum absolute atomic E-state index is 17.8. The van der Waals surface area contributed by atoms with Gasteiger partial charge in [-0.1, -0.05) is 35.3 Å². The Morgan fingerprint density at radius 2 is 1.83 bits per heavy atom. The lowest BCUT2D eigenvalue weighted by Gasteiger charge is -2.40. The van der Waals surface area contributed by atoms with E-state index >= 15 is 4.39 Å². The molecule has 1 N–H and O–H groups in total. The monoisotopic (exact) mass is 840 g/mol. The number of fused-ring (bicyclic) bond motifs is 4. The first-order valence-electron chi connectivity index (χ1n) is 20.0. The third kappa shape index (κ3) is 6.95. The molecule has 308 valence electrons. The Hall–Kier alpha value is -4.96.